The number of fused-ring (bicyclic) bond motifs is 1. The monoisotopic (exact) mass is 395 g/mol. The van der Waals surface area contributed by atoms with Gasteiger partial charge in [-0.05, 0) is 49.4 Å². The van der Waals surface area contributed by atoms with Crippen LogP contribution in [0.25, 0.3) is 16.7 Å². The zero-order valence-electron chi connectivity index (χ0n) is 15.6. The molecule has 0 atom stereocenters. The number of benzene rings is 2. The first kappa shape index (κ1) is 18.1. The normalized spacial score (nSPS) is 11.7. The number of aromatic nitrogens is 4. The van der Waals surface area contributed by atoms with Crippen molar-refractivity contribution in [2.24, 2.45) is 19.1 Å². The highest BCUT2D eigenvalue weighted by atomic mass is 35.5. The molecule has 4 rings (SSSR count). The van der Waals surface area contributed by atoms with E-state index in [-0.39, 0.29) is 11.2 Å². The van der Waals surface area contributed by atoms with E-state index in [0.29, 0.717) is 27.7 Å². The van der Waals surface area contributed by atoms with E-state index in [1.165, 1.54) is 4.68 Å². The minimum Gasteiger partial charge on any atom is -0.295 e. The fourth-order valence-electron chi connectivity index (χ4n) is 3.20. The van der Waals surface area contributed by atoms with Gasteiger partial charge in [0.25, 0.3) is 5.56 Å². The van der Waals surface area contributed by atoms with E-state index in [1.807, 2.05) is 25.1 Å². The molecular formula is C20H18ClN5O2. The third-order valence-corrected chi connectivity index (χ3v) is 5.05. The molecule has 0 unspecified atom stereocenters. The van der Waals surface area contributed by atoms with Gasteiger partial charge in [-0.3, -0.25) is 24.0 Å². The molecule has 0 fully saturated rings. The lowest BCUT2D eigenvalue weighted by Gasteiger charge is -2.00. The molecule has 0 aliphatic heterocycles. The summed E-state index contributed by atoms with van der Waals surface area (Å²) in [5.74, 6) is 0. The molecule has 142 valence electrons. The van der Waals surface area contributed by atoms with E-state index < -0.39 is 0 Å². The molecule has 0 aliphatic rings. The summed E-state index contributed by atoms with van der Waals surface area (Å²) >= 11 is 5.92. The van der Waals surface area contributed by atoms with Crippen LogP contribution in [0.5, 0.6) is 0 Å². The van der Waals surface area contributed by atoms with Crippen LogP contribution in [0.3, 0.4) is 0 Å². The highest BCUT2D eigenvalue weighted by Gasteiger charge is 2.11. The number of nitrogens with zero attached hydrogens (tertiary/aromatic N) is 4. The zero-order valence-corrected chi connectivity index (χ0v) is 16.4. The first-order valence-corrected chi connectivity index (χ1v) is 9.01. The summed E-state index contributed by atoms with van der Waals surface area (Å²) in [6, 6.07) is 12.5. The summed E-state index contributed by atoms with van der Waals surface area (Å²) in [5.41, 5.74) is 3.85. The Morgan fingerprint density at radius 1 is 1.00 bits per heavy atom. The minimum atomic E-state index is -0.197. The number of hydrogen-bond donors (Lipinski definition) is 1. The topological polar surface area (TPSA) is 77.1 Å². The summed E-state index contributed by atoms with van der Waals surface area (Å²) in [4.78, 5) is 29.3. The van der Waals surface area contributed by atoms with Crippen molar-refractivity contribution in [2.75, 3.05) is 0 Å². The number of halogens is 1. The van der Waals surface area contributed by atoms with Crippen LogP contribution >= 0.6 is 11.6 Å². The van der Waals surface area contributed by atoms with Gasteiger partial charge in [-0.1, -0.05) is 11.6 Å². The van der Waals surface area contributed by atoms with Gasteiger partial charge in [-0.25, -0.2) is 9.48 Å². The first-order valence-electron chi connectivity index (χ1n) is 8.64. The van der Waals surface area contributed by atoms with Gasteiger partial charge in [-0.15, -0.1) is 0 Å². The van der Waals surface area contributed by atoms with Gasteiger partial charge in [0.15, 0.2) is 0 Å². The van der Waals surface area contributed by atoms with Gasteiger partial charge in [0.05, 0.1) is 28.0 Å². The highest BCUT2D eigenvalue weighted by Crippen LogP contribution is 2.20. The average molecular weight is 396 g/mol. The smallest absolute Gasteiger partial charge is 0.295 e. The Hall–Kier alpha value is -3.32. The second-order valence-electron chi connectivity index (χ2n) is 6.60. The van der Waals surface area contributed by atoms with E-state index in [0.717, 1.165) is 11.0 Å². The molecular weight excluding hydrogens is 378 g/mol. The molecule has 28 heavy (non-hydrogen) atoms. The standard InChI is InChI=1S/C20H18ClN5O2/c1-12-16(19(27)26(23-12)15-7-4-13(21)5-8-15)11-22-14-6-9-17-18(10-14)25(3)20(28)24(17)2/h4-11,23H,1-3H3. The van der Waals surface area contributed by atoms with E-state index in [1.54, 1.807) is 53.7 Å². The second-order valence-corrected chi connectivity index (χ2v) is 7.04. The summed E-state index contributed by atoms with van der Waals surface area (Å²) < 4.78 is 4.62. The van der Waals surface area contributed by atoms with E-state index in [9.17, 15) is 9.59 Å². The Morgan fingerprint density at radius 3 is 2.39 bits per heavy atom. The number of aryl methyl sites for hydroxylation is 3. The lowest BCUT2D eigenvalue weighted by molar-refractivity contribution is 0.795. The molecule has 0 radical (unpaired) electrons. The average Bonchev–Trinajstić information content (AvgIpc) is 3.09. The van der Waals surface area contributed by atoms with Gasteiger partial charge in [0, 0.05) is 31.0 Å². The Bertz CT molecular complexity index is 1340. The van der Waals surface area contributed by atoms with Crippen molar-refractivity contribution in [3.63, 3.8) is 0 Å². The molecule has 7 nitrogen and oxygen atoms in total. The molecule has 0 spiro atoms. The van der Waals surface area contributed by atoms with Gasteiger partial charge >= 0.3 is 5.69 Å². The van der Waals surface area contributed by atoms with Crippen molar-refractivity contribution >= 4 is 34.5 Å². The van der Waals surface area contributed by atoms with Crippen LogP contribution < -0.4 is 11.2 Å². The second kappa shape index (κ2) is 6.69. The van der Waals surface area contributed by atoms with Gasteiger partial charge in [0.1, 0.15) is 0 Å². The highest BCUT2D eigenvalue weighted by molar-refractivity contribution is 6.30. The van der Waals surface area contributed by atoms with Crippen LogP contribution in [0.15, 0.2) is 57.0 Å². The molecule has 4 aromatic rings. The lowest BCUT2D eigenvalue weighted by Crippen LogP contribution is -2.19. The fourth-order valence-corrected chi connectivity index (χ4v) is 3.32. The minimum absolute atomic E-state index is 0.0940. The Kier molecular flexibility index (Phi) is 4.31. The van der Waals surface area contributed by atoms with Gasteiger partial charge in [-0.2, -0.15) is 0 Å². The largest absolute Gasteiger partial charge is 0.328 e. The van der Waals surface area contributed by atoms with Crippen LogP contribution in [0.1, 0.15) is 11.3 Å². The molecule has 2 aromatic carbocycles. The molecule has 0 saturated heterocycles. The fraction of sp³-hybridized carbons (Fsp3) is 0.150. The van der Waals surface area contributed by atoms with Crippen molar-refractivity contribution in [3.8, 4) is 5.69 Å². The first-order chi connectivity index (χ1) is 13.4. The zero-order chi connectivity index (χ0) is 20.0. The molecule has 1 N–H and O–H groups in total. The van der Waals surface area contributed by atoms with Crippen molar-refractivity contribution in [2.45, 2.75) is 6.92 Å². The lowest BCUT2D eigenvalue weighted by atomic mass is 10.2. The Balaban J connectivity index is 1.73. The van der Waals surface area contributed by atoms with Crippen molar-refractivity contribution < 1.29 is 0 Å². The maximum Gasteiger partial charge on any atom is 0.328 e. The molecule has 0 saturated carbocycles. The number of aromatic amines is 1. The van der Waals surface area contributed by atoms with Gasteiger partial charge in [0.2, 0.25) is 0 Å². The Morgan fingerprint density at radius 2 is 1.68 bits per heavy atom. The van der Waals surface area contributed by atoms with Crippen LogP contribution in [-0.4, -0.2) is 25.1 Å². The van der Waals surface area contributed by atoms with Crippen LogP contribution in [-0.2, 0) is 14.1 Å². The van der Waals surface area contributed by atoms with Crippen molar-refractivity contribution in [1.29, 1.82) is 0 Å². The predicted molar refractivity (Wildman–Crippen MR) is 112 cm³/mol. The molecule has 0 amide bonds. The maximum absolute atomic E-state index is 12.8. The summed E-state index contributed by atoms with van der Waals surface area (Å²) in [5, 5.41) is 3.66. The van der Waals surface area contributed by atoms with Crippen LogP contribution in [0.2, 0.25) is 5.02 Å². The Labute approximate surface area is 165 Å². The van der Waals surface area contributed by atoms with Crippen molar-refractivity contribution in [1.82, 2.24) is 18.9 Å². The van der Waals surface area contributed by atoms with Crippen molar-refractivity contribution in [3.05, 3.63) is 79.6 Å². The number of rotatable bonds is 3. The van der Waals surface area contributed by atoms with Crippen LogP contribution in [0.4, 0.5) is 5.69 Å². The predicted octanol–water partition coefficient (Wildman–Crippen LogP) is 3.07. The number of H-pyrrole nitrogens is 1. The van der Waals surface area contributed by atoms with E-state index in [2.05, 4.69) is 10.1 Å². The molecule has 0 aliphatic carbocycles. The number of aliphatic imine (C=N–C) groups is 1. The molecule has 2 heterocycles. The summed E-state index contributed by atoms with van der Waals surface area (Å²) in [6.45, 7) is 1.82. The van der Waals surface area contributed by atoms with E-state index >= 15 is 0 Å². The number of imidazole rings is 1. The maximum atomic E-state index is 12.8. The molecule has 2 aromatic heterocycles. The SMILES string of the molecule is Cc1[nH]n(-c2ccc(Cl)cc2)c(=O)c1C=Nc1ccc2c(c1)n(C)c(=O)n2C. The quantitative estimate of drug-likeness (QED) is 0.541. The van der Waals surface area contributed by atoms with Crippen LogP contribution in [0, 0.1) is 6.92 Å². The number of nitrogens with one attached hydrogen (secondary N) is 1. The van der Waals surface area contributed by atoms with Gasteiger partial charge < -0.3 is 0 Å². The number of hydrogen-bond acceptors (Lipinski definition) is 3. The third kappa shape index (κ3) is 2.90. The molecule has 0 bridgehead atoms. The van der Waals surface area contributed by atoms with E-state index in [4.69, 9.17) is 11.6 Å². The third-order valence-electron chi connectivity index (χ3n) is 4.80. The summed E-state index contributed by atoms with van der Waals surface area (Å²) in [7, 11) is 3.45. The summed E-state index contributed by atoms with van der Waals surface area (Å²) in [6.07, 6.45) is 1.54. The molecule has 8 heteroatoms.